The number of aryl methyl sites for hydroxylation is 2. The van der Waals surface area contributed by atoms with E-state index in [9.17, 15) is 9.90 Å². The van der Waals surface area contributed by atoms with E-state index >= 15 is 0 Å². The number of hydrogen-bond acceptors (Lipinski definition) is 3. The second-order valence-electron chi connectivity index (χ2n) is 4.68. The van der Waals surface area contributed by atoms with E-state index in [2.05, 4.69) is 5.32 Å². The second kappa shape index (κ2) is 6.59. The van der Waals surface area contributed by atoms with Crippen LogP contribution in [-0.4, -0.2) is 23.7 Å². The van der Waals surface area contributed by atoms with Crippen molar-refractivity contribution in [3.63, 3.8) is 0 Å². The molecular weight excluding hydrogens is 230 g/mol. The number of carbonyl (C=O) groups excluding carboxylic acids is 1. The molecular formula is C14H23NO3. The first-order chi connectivity index (χ1) is 8.49. The van der Waals surface area contributed by atoms with Crippen molar-refractivity contribution >= 4 is 5.91 Å². The average Bonchev–Trinajstić information content (AvgIpc) is 2.67. The lowest BCUT2D eigenvalue weighted by Gasteiger charge is -2.20. The number of amides is 1. The van der Waals surface area contributed by atoms with Gasteiger partial charge in [0.2, 0.25) is 0 Å². The van der Waals surface area contributed by atoms with E-state index in [0.29, 0.717) is 11.3 Å². The molecule has 4 heteroatoms. The fourth-order valence-corrected chi connectivity index (χ4v) is 2.15. The molecule has 2 N–H and O–H groups in total. The average molecular weight is 253 g/mol. The minimum absolute atomic E-state index is 0.186. The Morgan fingerprint density at radius 2 is 2.00 bits per heavy atom. The molecule has 4 nitrogen and oxygen atoms in total. The van der Waals surface area contributed by atoms with Crippen LogP contribution < -0.4 is 5.32 Å². The first kappa shape index (κ1) is 14.8. The zero-order chi connectivity index (χ0) is 13.7. The van der Waals surface area contributed by atoms with Crippen molar-refractivity contribution in [3.05, 3.63) is 23.2 Å². The topological polar surface area (TPSA) is 62.5 Å². The molecule has 0 saturated carbocycles. The lowest BCUT2D eigenvalue weighted by molar-refractivity contribution is 0.0815. The summed E-state index contributed by atoms with van der Waals surface area (Å²) in [6.45, 7) is 7.95. The van der Waals surface area contributed by atoms with Gasteiger partial charge in [-0.1, -0.05) is 26.7 Å². The molecule has 0 spiro atoms. The first-order valence-electron chi connectivity index (χ1n) is 6.52. The van der Waals surface area contributed by atoms with Gasteiger partial charge in [0.25, 0.3) is 5.91 Å². The highest BCUT2D eigenvalue weighted by atomic mass is 16.3. The zero-order valence-electron chi connectivity index (χ0n) is 11.6. The summed E-state index contributed by atoms with van der Waals surface area (Å²) >= 11 is 0. The quantitative estimate of drug-likeness (QED) is 0.818. The van der Waals surface area contributed by atoms with Crippen LogP contribution in [0.5, 0.6) is 0 Å². The van der Waals surface area contributed by atoms with Crippen LogP contribution in [0.4, 0.5) is 0 Å². The van der Waals surface area contributed by atoms with Crippen LogP contribution >= 0.6 is 0 Å². The Morgan fingerprint density at radius 1 is 1.39 bits per heavy atom. The largest absolute Gasteiger partial charge is 0.466 e. The van der Waals surface area contributed by atoms with Gasteiger partial charge in [0, 0.05) is 6.54 Å². The summed E-state index contributed by atoms with van der Waals surface area (Å²) in [6, 6.07) is 1.72. The summed E-state index contributed by atoms with van der Waals surface area (Å²) in [7, 11) is 0. The van der Waals surface area contributed by atoms with Gasteiger partial charge in [0.1, 0.15) is 11.5 Å². The molecule has 1 unspecified atom stereocenters. The van der Waals surface area contributed by atoms with Crippen LogP contribution in [0.1, 0.15) is 48.6 Å². The molecule has 1 amide bonds. The summed E-state index contributed by atoms with van der Waals surface area (Å²) in [6.07, 6.45) is 1.34. The van der Waals surface area contributed by atoms with E-state index < -0.39 is 6.10 Å². The molecule has 0 aliphatic carbocycles. The number of hydrogen-bond donors (Lipinski definition) is 2. The summed E-state index contributed by atoms with van der Waals surface area (Å²) < 4.78 is 5.31. The first-order valence-corrected chi connectivity index (χ1v) is 6.52. The third kappa shape index (κ3) is 3.60. The van der Waals surface area contributed by atoms with Crippen molar-refractivity contribution in [3.8, 4) is 0 Å². The van der Waals surface area contributed by atoms with Gasteiger partial charge in [-0.05, 0) is 25.8 Å². The minimum Gasteiger partial charge on any atom is -0.466 e. The molecule has 0 fully saturated rings. The maximum absolute atomic E-state index is 11.9. The normalized spacial score (nSPS) is 12.8. The van der Waals surface area contributed by atoms with E-state index in [-0.39, 0.29) is 18.4 Å². The maximum atomic E-state index is 11.9. The van der Waals surface area contributed by atoms with Crippen LogP contribution in [0.25, 0.3) is 0 Å². The van der Waals surface area contributed by atoms with Gasteiger partial charge in [-0.3, -0.25) is 4.79 Å². The van der Waals surface area contributed by atoms with E-state index in [4.69, 9.17) is 4.42 Å². The predicted octanol–water partition coefficient (Wildman–Crippen LogP) is 2.42. The third-order valence-corrected chi connectivity index (χ3v) is 3.35. The van der Waals surface area contributed by atoms with Gasteiger partial charge in [-0.15, -0.1) is 0 Å². The third-order valence-electron chi connectivity index (χ3n) is 3.35. The molecule has 1 rings (SSSR count). The fraction of sp³-hybridized carbons (Fsp3) is 0.643. The lowest BCUT2D eigenvalue weighted by Crippen LogP contribution is -2.36. The van der Waals surface area contributed by atoms with Crippen molar-refractivity contribution in [1.29, 1.82) is 0 Å². The van der Waals surface area contributed by atoms with Crippen molar-refractivity contribution in [1.82, 2.24) is 5.32 Å². The molecule has 1 aromatic rings. The predicted molar refractivity (Wildman–Crippen MR) is 70.6 cm³/mol. The van der Waals surface area contributed by atoms with Crippen LogP contribution in [0.2, 0.25) is 0 Å². The maximum Gasteiger partial charge on any atom is 0.254 e. The smallest absolute Gasteiger partial charge is 0.254 e. The SMILES string of the molecule is CCC(CC)C(O)CNC(=O)c1cc(C)oc1C. The highest BCUT2D eigenvalue weighted by molar-refractivity contribution is 5.95. The van der Waals surface area contributed by atoms with E-state index in [1.165, 1.54) is 0 Å². The van der Waals surface area contributed by atoms with Crippen LogP contribution in [0, 0.1) is 19.8 Å². The Kier molecular flexibility index (Phi) is 5.41. The number of aliphatic hydroxyl groups is 1. The number of carbonyl (C=O) groups is 1. The molecule has 1 atom stereocenters. The standard InChI is InChI=1S/C14H23NO3/c1-5-11(6-2)13(16)8-15-14(17)12-7-9(3)18-10(12)4/h7,11,13,16H,5-6,8H2,1-4H3,(H,15,17). The van der Waals surface area contributed by atoms with Crippen LogP contribution in [0.15, 0.2) is 10.5 Å². The van der Waals surface area contributed by atoms with E-state index in [1.807, 2.05) is 20.8 Å². The number of furan rings is 1. The summed E-state index contributed by atoms with van der Waals surface area (Å²) in [4.78, 5) is 11.9. The molecule has 0 aromatic carbocycles. The van der Waals surface area contributed by atoms with Crippen LogP contribution in [0.3, 0.4) is 0 Å². The van der Waals surface area contributed by atoms with Crippen molar-refractivity contribution in [2.75, 3.05) is 6.54 Å². The molecule has 0 aliphatic rings. The summed E-state index contributed by atoms with van der Waals surface area (Å²) in [5.41, 5.74) is 0.546. The second-order valence-corrected chi connectivity index (χ2v) is 4.68. The Labute approximate surface area is 108 Å². The van der Waals surface area contributed by atoms with Crippen molar-refractivity contribution < 1.29 is 14.3 Å². The number of rotatable bonds is 6. The van der Waals surface area contributed by atoms with Gasteiger partial charge < -0.3 is 14.8 Å². The molecule has 0 saturated heterocycles. The Morgan fingerprint density at radius 3 is 2.44 bits per heavy atom. The highest BCUT2D eigenvalue weighted by Crippen LogP contribution is 2.15. The summed E-state index contributed by atoms with van der Waals surface area (Å²) in [5.74, 6) is 1.38. The monoisotopic (exact) mass is 253 g/mol. The van der Waals surface area contributed by atoms with E-state index in [0.717, 1.165) is 18.6 Å². The molecule has 1 heterocycles. The van der Waals surface area contributed by atoms with Crippen LogP contribution in [-0.2, 0) is 0 Å². The van der Waals surface area contributed by atoms with Gasteiger partial charge in [0.05, 0.1) is 11.7 Å². The Bertz CT molecular complexity index is 394. The zero-order valence-corrected chi connectivity index (χ0v) is 11.6. The minimum atomic E-state index is -0.489. The molecule has 1 aromatic heterocycles. The number of aliphatic hydroxyl groups excluding tert-OH is 1. The van der Waals surface area contributed by atoms with Gasteiger partial charge in [-0.2, -0.15) is 0 Å². The lowest BCUT2D eigenvalue weighted by atomic mass is 9.96. The molecule has 0 radical (unpaired) electrons. The van der Waals surface area contributed by atoms with Crippen molar-refractivity contribution in [2.45, 2.75) is 46.6 Å². The van der Waals surface area contributed by atoms with Gasteiger partial charge in [-0.25, -0.2) is 0 Å². The molecule has 102 valence electrons. The summed E-state index contributed by atoms with van der Waals surface area (Å²) in [5, 5.41) is 12.7. The van der Waals surface area contributed by atoms with Gasteiger partial charge in [0.15, 0.2) is 0 Å². The molecule has 18 heavy (non-hydrogen) atoms. The van der Waals surface area contributed by atoms with Crippen molar-refractivity contribution in [2.24, 2.45) is 5.92 Å². The molecule has 0 bridgehead atoms. The fourth-order valence-electron chi connectivity index (χ4n) is 2.15. The Balaban J connectivity index is 2.53. The van der Waals surface area contributed by atoms with E-state index in [1.54, 1.807) is 13.0 Å². The number of nitrogens with one attached hydrogen (secondary N) is 1. The van der Waals surface area contributed by atoms with Gasteiger partial charge >= 0.3 is 0 Å². The molecule has 0 aliphatic heterocycles. The Hall–Kier alpha value is -1.29. The highest BCUT2D eigenvalue weighted by Gasteiger charge is 2.18.